The molecule has 1 N–H and O–H groups in total. The lowest BCUT2D eigenvalue weighted by Crippen LogP contribution is -2.30. The molecule has 2 aromatic heterocycles. The summed E-state index contributed by atoms with van der Waals surface area (Å²) in [7, 11) is 0. The molecule has 0 spiro atoms. The van der Waals surface area contributed by atoms with Crippen LogP contribution in [0.25, 0.3) is 10.6 Å². The largest absolute Gasteiger partial charge is 0.346 e. The van der Waals surface area contributed by atoms with E-state index in [2.05, 4.69) is 22.2 Å². The minimum atomic E-state index is -0.125. The van der Waals surface area contributed by atoms with Gasteiger partial charge in [0, 0.05) is 29.9 Å². The van der Waals surface area contributed by atoms with Crippen LogP contribution in [0.15, 0.2) is 48.1 Å². The number of benzene rings is 1. The van der Waals surface area contributed by atoms with E-state index >= 15 is 0 Å². The fourth-order valence-electron chi connectivity index (χ4n) is 2.59. The quantitative estimate of drug-likeness (QED) is 0.748. The van der Waals surface area contributed by atoms with E-state index in [1.807, 2.05) is 53.4 Å². The number of nitrogens with zero attached hydrogens (tertiary/aromatic N) is 3. The van der Waals surface area contributed by atoms with Gasteiger partial charge in [0.05, 0.1) is 18.2 Å². The summed E-state index contributed by atoms with van der Waals surface area (Å²) < 4.78 is 2.03. The molecule has 1 atom stereocenters. The first-order chi connectivity index (χ1) is 11.7. The summed E-state index contributed by atoms with van der Waals surface area (Å²) in [4.78, 5) is 21.2. The Balaban J connectivity index is 1.62. The molecule has 0 radical (unpaired) electrons. The van der Waals surface area contributed by atoms with Crippen LogP contribution in [0.2, 0.25) is 0 Å². The molecule has 0 aliphatic rings. The lowest BCUT2D eigenvalue weighted by Gasteiger charge is -2.14. The van der Waals surface area contributed by atoms with Gasteiger partial charge >= 0.3 is 0 Å². The number of aromatic nitrogens is 3. The van der Waals surface area contributed by atoms with E-state index in [9.17, 15) is 4.79 Å². The van der Waals surface area contributed by atoms with Crippen molar-refractivity contribution < 1.29 is 4.79 Å². The number of nitrogens with one attached hydrogen (secondary N) is 1. The summed E-state index contributed by atoms with van der Waals surface area (Å²) in [5.41, 5.74) is 1.87. The Bertz CT molecular complexity index is 809. The molecule has 3 rings (SSSR count). The molecular formula is C18H20N4OS. The Morgan fingerprint density at radius 2 is 2.12 bits per heavy atom. The molecule has 24 heavy (non-hydrogen) atoms. The maximum Gasteiger partial charge on any atom is 0.226 e. The summed E-state index contributed by atoms with van der Waals surface area (Å²) in [5, 5.41) is 5.88. The zero-order chi connectivity index (χ0) is 16.9. The van der Waals surface area contributed by atoms with Crippen LogP contribution in [0.4, 0.5) is 0 Å². The third-order valence-electron chi connectivity index (χ3n) is 3.77. The van der Waals surface area contributed by atoms with Crippen LogP contribution in [-0.2, 0) is 17.8 Å². The lowest BCUT2D eigenvalue weighted by molar-refractivity contribution is -0.121. The third kappa shape index (κ3) is 3.71. The van der Waals surface area contributed by atoms with Crippen LogP contribution < -0.4 is 5.32 Å². The van der Waals surface area contributed by atoms with Crippen molar-refractivity contribution in [3.8, 4) is 10.6 Å². The first-order valence-electron chi connectivity index (χ1n) is 7.97. The lowest BCUT2D eigenvalue weighted by atomic mass is 10.2. The number of amides is 1. The summed E-state index contributed by atoms with van der Waals surface area (Å²) >= 11 is 1.56. The Morgan fingerprint density at radius 1 is 1.33 bits per heavy atom. The molecule has 6 heteroatoms. The maximum atomic E-state index is 12.3. The molecule has 1 amide bonds. The van der Waals surface area contributed by atoms with Crippen LogP contribution in [0, 0.1) is 0 Å². The number of rotatable bonds is 6. The van der Waals surface area contributed by atoms with Crippen molar-refractivity contribution in [3.05, 3.63) is 59.6 Å². The van der Waals surface area contributed by atoms with Gasteiger partial charge in [0.15, 0.2) is 0 Å². The molecule has 0 saturated carbocycles. The van der Waals surface area contributed by atoms with Crippen LogP contribution in [0.3, 0.4) is 0 Å². The van der Waals surface area contributed by atoms with Gasteiger partial charge in [0.25, 0.3) is 0 Å². The SMILES string of the molecule is CCn1ccnc1[C@@H](C)NC(=O)Cc1csc(-c2ccccc2)n1. The van der Waals surface area contributed by atoms with Gasteiger partial charge in [0.2, 0.25) is 5.91 Å². The van der Waals surface area contributed by atoms with Crippen LogP contribution in [-0.4, -0.2) is 20.4 Å². The fraction of sp³-hybridized carbons (Fsp3) is 0.278. The predicted molar refractivity (Wildman–Crippen MR) is 95.7 cm³/mol. The highest BCUT2D eigenvalue weighted by Gasteiger charge is 2.15. The standard InChI is InChI=1S/C18H20N4OS/c1-3-22-10-9-19-17(22)13(2)20-16(23)11-15-12-24-18(21-15)14-7-5-4-6-8-14/h4-10,12-13H,3,11H2,1-2H3,(H,20,23)/t13-/m1/s1. The Hall–Kier alpha value is -2.47. The van der Waals surface area contributed by atoms with Crippen molar-refractivity contribution in [2.45, 2.75) is 32.9 Å². The summed E-state index contributed by atoms with van der Waals surface area (Å²) in [6, 6.07) is 9.87. The summed E-state index contributed by atoms with van der Waals surface area (Å²) in [5.74, 6) is 0.826. The topological polar surface area (TPSA) is 59.8 Å². The zero-order valence-corrected chi connectivity index (χ0v) is 14.6. The Kier molecular flexibility index (Phi) is 5.05. The van der Waals surface area contributed by atoms with Gasteiger partial charge < -0.3 is 9.88 Å². The molecule has 2 heterocycles. The average molecular weight is 340 g/mol. The van der Waals surface area contributed by atoms with E-state index in [-0.39, 0.29) is 18.4 Å². The van der Waals surface area contributed by atoms with Crippen molar-refractivity contribution in [1.29, 1.82) is 0 Å². The van der Waals surface area contributed by atoms with E-state index in [0.717, 1.165) is 28.6 Å². The average Bonchev–Trinajstić information content (AvgIpc) is 3.24. The molecule has 3 aromatic rings. The molecule has 0 bridgehead atoms. The molecular weight excluding hydrogens is 320 g/mol. The van der Waals surface area contributed by atoms with E-state index in [4.69, 9.17) is 0 Å². The highest BCUT2D eigenvalue weighted by molar-refractivity contribution is 7.13. The molecule has 0 aliphatic heterocycles. The summed E-state index contributed by atoms with van der Waals surface area (Å²) in [6.07, 6.45) is 3.96. The van der Waals surface area contributed by atoms with Gasteiger partial charge in [-0.25, -0.2) is 9.97 Å². The second-order valence-corrected chi connectivity index (χ2v) is 6.41. The van der Waals surface area contributed by atoms with Gasteiger partial charge in [-0.1, -0.05) is 30.3 Å². The van der Waals surface area contributed by atoms with Crippen molar-refractivity contribution >= 4 is 17.2 Å². The highest BCUT2D eigenvalue weighted by atomic mass is 32.1. The number of hydrogen-bond donors (Lipinski definition) is 1. The summed E-state index contributed by atoms with van der Waals surface area (Å²) in [6.45, 7) is 4.84. The number of carbonyl (C=O) groups is 1. The van der Waals surface area contributed by atoms with Crippen molar-refractivity contribution in [1.82, 2.24) is 19.9 Å². The van der Waals surface area contributed by atoms with Gasteiger partial charge in [-0.2, -0.15) is 0 Å². The smallest absolute Gasteiger partial charge is 0.226 e. The van der Waals surface area contributed by atoms with E-state index < -0.39 is 0 Å². The van der Waals surface area contributed by atoms with Gasteiger partial charge in [-0.15, -0.1) is 11.3 Å². The maximum absolute atomic E-state index is 12.3. The first kappa shape index (κ1) is 16.4. The van der Waals surface area contributed by atoms with Crippen molar-refractivity contribution in [2.24, 2.45) is 0 Å². The fourth-order valence-corrected chi connectivity index (χ4v) is 3.42. The predicted octanol–water partition coefficient (Wildman–Crippen LogP) is 3.45. The minimum absolute atomic E-state index is 0.0435. The normalized spacial score (nSPS) is 12.1. The van der Waals surface area contributed by atoms with E-state index in [1.54, 1.807) is 17.5 Å². The van der Waals surface area contributed by atoms with Crippen molar-refractivity contribution in [2.75, 3.05) is 0 Å². The number of hydrogen-bond acceptors (Lipinski definition) is 4. The Labute approximate surface area is 145 Å². The molecule has 0 aliphatic carbocycles. The molecule has 124 valence electrons. The molecule has 1 aromatic carbocycles. The minimum Gasteiger partial charge on any atom is -0.346 e. The molecule has 0 fully saturated rings. The third-order valence-corrected chi connectivity index (χ3v) is 4.71. The van der Waals surface area contributed by atoms with Crippen LogP contribution in [0.5, 0.6) is 0 Å². The van der Waals surface area contributed by atoms with E-state index in [0.29, 0.717) is 0 Å². The molecule has 0 saturated heterocycles. The first-order valence-corrected chi connectivity index (χ1v) is 8.85. The van der Waals surface area contributed by atoms with E-state index in [1.165, 1.54) is 0 Å². The van der Waals surface area contributed by atoms with Crippen molar-refractivity contribution in [3.63, 3.8) is 0 Å². The van der Waals surface area contributed by atoms with Crippen LogP contribution >= 0.6 is 11.3 Å². The number of imidazole rings is 1. The van der Waals surface area contributed by atoms with Gasteiger partial charge in [0.1, 0.15) is 10.8 Å². The van der Waals surface area contributed by atoms with Gasteiger partial charge in [-0.3, -0.25) is 4.79 Å². The monoisotopic (exact) mass is 340 g/mol. The zero-order valence-electron chi connectivity index (χ0n) is 13.8. The van der Waals surface area contributed by atoms with Gasteiger partial charge in [-0.05, 0) is 13.8 Å². The number of thiazole rings is 1. The Morgan fingerprint density at radius 3 is 2.88 bits per heavy atom. The molecule has 5 nitrogen and oxygen atoms in total. The second-order valence-electron chi connectivity index (χ2n) is 5.55. The highest BCUT2D eigenvalue weighted by Crippen LogP contribution is 2.23. The van der Waals surface area contributed by atoms with Crippen LogP contribution in [0.1, 0.15) is 31.4 Å². The number of carbonyl (C=O) groups excluding carboxylic acids is 1. The second kappa shape index (κ2) is 7.40. The molecule has 0 unspecified atom stereocenters. The number of aryl methyl sites for hydroxylation is 1.